The van der Waals surface area contributed by atoms with E-state index < -0.39 is 6.10 Å². The fourth-order valence-electron chi connectivity index (χ4n) is 3.69. The number of hydrogen-bond acceptors (Lipinski definition) is 9. The van der Waals surface area contributed by atoms with E-state index in [1.807, 2.05) is 36.4 Å². The highest BCUT2D eigenvalue weighted by Gasteiger charge is 2.21. The van der Waals surface area contributed by atoms with Crippen molar-refractivity contribution < 1.29 is 14.6 Å². The van der Waals surface area contributed by atoms with Gasteiger partial charge < -0.3 is 20.4 Å². The van der Waals surface area contributed by atoms with Gasteiger partial charge in [-0.1, -0.05) is 47.6 Å². The summed E-state index contributed by atoms with van der Waals surface area (Å²) in [5.41, 5.74) is 9.98. The number of nitriles is 2. The molecule has 4 N–H and O–H groups in total. The maximum absolute atomic E-state index is 10.0. The lowest BCUT2D eigenvalue weighted by atomic mass is 9.95. The van der Waals surface area contributed by atoms with Gasteiger partial charge in [0, 0.05) is 21.9 Å². The van der Waals surface area contributed by atoms with Gasteiger partial charge in [-0.3, -0.25) is 0 Å². The summed E-state index contributed by atoms with van der Waals surface area (Å²) in [5.74, 6) is 0.860. The van der Waals surface area contributed by atoms with E-state index >= 15 is 0 Å². The van der Waals surface area contributed by atoms with E-state index in [2.05, 4.69) is 22.1 Å². The van der Waals surface area contributed by atoms with Gasteiger partial charge >= 0.3 is 0 Å². The molecule has 37 heavy (non-hydrogen) atoms. The van der Waals surface area contributed by atoms with Crippen LogP contribution in [0.3, 0.4) is 0 Å². The van der Waals surface area contributed by atoms with Crippen molar-refractivity contribution in [3.05, 3.63) is 82.2 Å². The molecule has 0 saturated carbocycles. The number of nitrogen functional groups attached to an aromatic ring is 1. The summed E-state index contributed by atoms with van der Waals surface area (Å²) in [6.07, 6.45) is 1.77. The fraction of sp³-hybridized carbons (Fsp3) is 0.185. The third-order valence-corrected chi connectivity index (χ3v) is 6.90. The first-order chi connectivity index (χ1) is 17.9. The van der Waals surface area contributed by atoms with Crippen LogP contribution < -0.4 is 5.73 Å². The number of anilines is 1. The minimum atomic E-state index is -0.776. The average molecular weight is 532 g/mol. The number of aliphatic hydroxyl groups is 2. The van der Waals surface area contributed by atoms with Gasteiger partial charge in [-0.25, -0.2) is 9.97 Å². The highest BCUT2D eigenvalue weighted by atomic mass is 35.5. The van der Waals surface area contributed by atoms with Crippen LogP contribution in [-0.4, -0.2) is 32.9 Å². The molecule has 0 saturated heterocycles. The molecule has 186 valence electrons. The summed E-state index contributed by atoms with van der Waals surface area (Å²) in [5, 5.41) is 39.4. The van der Waals surface area contributed by atoms with E-state index in [1.54, 1.807) is 18.4 Å². The second-order valence-corrected chi connectivity index (χ2v) is 9.56. The summed E-state index contributed by atoms with van der Waals surface area (Å²) >= 11 is 7.22. The van der Waals surface area contributed by atoms with Crippen LogP contribution in [0.1, 0.15) is 28.8 Å². The molecule has 2 aromatic carbocycles. The highest BCUT2D eigenvalue weighted by Crippen LogP contribution is 2.37. The van der Waals surface area contributed by atoms with Gasteiger partial charge in [-0.2, -0.15) is 10.5 Å². The molecule has 4 rings (SSSR count). The van der Waals surface area contributed by atoms with E-state index in [-0.39, 0.29) is 23.6 Å². The second-order valence-electron chi connectivity index (χ2n) is 8.16. The van der Waals surface area contributed by atoms with Gasteiger partial charge in [-0.15, -0.1) is 0 Å². The Morgan fingerprint density at radius 3 is 2.32 bits per heavy atom. The average Bonchev–Trinajstić information content (AvgIpc) is 3.39. The normalized spacial score (nSPS) is 11.6. The van der Waals surface area contributed by atoms with Crippen molar-refractivity contribution in [2.45, 2.75) is 29.7 Å². The van der Waals surface area contributed by atoms with Crippen LogP contribution in [0.2, 0.25) is 5.02 Å². The Hall–Kier alpha value is -3.86. The third kappa shape index (κ3) is 6.11. The SMILES string of the molecule is N#Cc1c(N)nc(SCc2coc(-c3ccc(Cl)cc3)n2)c(C#N)c1-c1ccc(CC[C@@H](O)CO)cc1. The Balaban J connectivity index is 1.60. The minimum absolute atomic E-state index is 0.0381. The molecule has 10 heteroatoms. The molecule has 2 aromatic heterocycles. The minimum Gasteiger partial charge on any atom is -0.444 e. The largest absolute Gasteiger partial charge is 0.444 e. The first-order valence-corrected chi connectivity index (χ1v) is 12.6. The molecule has 0 bridgehead atoms. The Morgan fingerprint density at radius 1 is 1.00 bits per heavy atom. The van der Waals surface area contributed by atoms with Crippen molar-refractivity contribution in [3.63, 3.8) is 0 Å². The molecule has 8 nitrogen and oxygen atoms in total. The first-order valence-electron chi connectivity index (χ1n) is 11.3. The van der Waals surface area contributed by atoms with Gasteiger partial charge in [0.05, 0.1) is 24.0 Å². The van der Waals surface area contributed by atoms with E-state index in [0.717, 1.165) is 11.1 Å². The molecule has 4 aromatic rings. The first kappa shape index (κ1) is 26.2. The Kier molecular flexibility index (Phi) is 8.44. The standard InChI is InChI=1S/C27H22ClN5O3S/c28-19-8-6-18(7-9-19)26-32-20(14-36-26)15-37-27-23(12-30)24(22(11-29)25(31)33-27)17-4-1-16(2-5-17)3-10-21(35)13-34/h1-2,4-9,14,21,34-35H,3,10,13,15H2,(H2,31,33)/t21-/m1/s1. The van der Waals surface area contributed by atoms with Crippen LogP contribution in [0.4, 0.5) is 5.82 Å². The summed E-state index contributed by atoms with van der Waals surface area (Å²) in [6, 6.07) is 18.7. The maximum Gasteiger partial charge on any atom is 0.226 e. The monoisotopic (exact) mass is 531 g/mol. The lowest BCUT2D eigenvalue weighted by molar-refractivity contribution is 0.0886. The second kappa shape index (κ2) is 11.9. The van der Waals surface area contributed by atoms with Gasteiger partial charge in [0.15, 0.2) is 0 Å². The lowest BCUT2D eigenvalue weighted by Crippen LogP contribution is -2.12. The van der Waals surface area contributed by atoms with Crippen molar-refractivity contribution in [1.29, 1.82) is 10.5 Å². The smallest absolute Gasteiger partial charge is 0.226 e. The topological polar surface area (TPSA) is 153 Å². The van der Waals surface area contributed by atoms with Crippen LogP contribution in [-0.2, 0) is 12.2 Å². The molecule has 0 fully saturated rings. The van der Waals surface area contributed by atoms with E-state index in [9.17, 15) is 15.6 Å². The van der Waals surface area contributed by atoms with Crippen LogP contribution in [0.5, 0.6) is 0 Å². The van der Waals surface area contributed by atoms with Crippen LogP contribution >= 0.6 is 23.4 Å². The number of pyridine rings is 1. The molecular formula is C27H22ClN5O3S. The number of halogens is 1. The van der Waals surface area contributed by atoms with Crippen LogP contribution in [0, 0.1) is 22.7 Å². The zero-order valence-electron chi connectivity index (χ0n) is 19.6. The number of aliphatic hydroxyl groups excluding tert-OH is 2. The van der Waals surface area contributed by atoms with Gasteiger partial charge in [0.1, 0.15) is 34.8 Å². The number of aryl methyl sites for hydroxylation is 1. The van der Waals surface area contributed by atoms with Crippen molar-refractivity contribution in [3.8, 4) is 34.7 Å². The Labute approximate surface area is 223 Å². The summed E-state index contributed by atoms with van der Waals surface area (Å²) in [4.78, 5) is 8.84. The molecule has 0 amide bonds. The molecular weight excluding hydrogens is 510 g/mol. The van der Waals surface area contributed by atoms with E-state index in [1.165, 1.54) is 11.8 Å². The van der Waals surface area contributed by atoms with Crippen molar-refractivity contribution in [2.75, 3.05) is 12.3 Å². The lowest BCUT2D eigenvalue weighted by Gasteiger charge is -2.13. The molecule has 1 atom stereocenters. The summed E-state index contributed by atoms with van der Waals surface area (Å²) in [6.45, 7) is -0.289. The van der Waals surface area contributed by atoms with E-state index in [4.69, 9.17) is 26.9 Å². The number of oxazole rings is 1. The zero-order chi connectivity index (χ0) is 26.4. The van der Waals surface area contributed by atoms with Crippen molar-refractivity contribution in [1.82, 2.24) is 9.97 Å². The number of aromatic nitrogens is 2. The predicted molar refractivity (Wildman–Crippen MR) is 141 cm³/mol. The number of benzene rings is 2. The Bertz CT molecular complexity index is 1470. The van der Waals surface area contributed by atoms with Gasteiger partial charge in [-0.05, 0) is 48.2 Å². The molecule has 0 aliphatic carbocycles. The third-order valence-electron chi connectivity index (χ3n) is 5.63. The Morgan fingerprint density at radius 2 is 1.68 bits per heavy atom. The predicted octanol–water partition coefficient (Wildman–Crippen LogP) is 4.96. The molecule has 0 unspecified atom stereocenters. The molecule has 0 radical (unpaired) electrons. The van der Waals surface area contributed by atoms with Crippen LogP contribution in [0.25, 0.3) is 22.6 Å². The zero-order valence-corrected chi connectivity index (χ0v) is 21.1. The van der Waals surface area contributed by atoms with Gasteiger partial charge in [0.2, 0.25) is 5.89 Å². The van der Waals surface area contributed by atoms with E-state index in [0.29, 0.717) is 51.4 Å². The summed E-state index contributed by atoms with van der Waals surface area (Å²) in [7, 11) is 0. The van der Waals surface area contributed by atoms with Crippen molar-refractivity contribution in [2.24, 2.45) is 0 Å². The molecule has 0 spiro atoms. The number of nitrogens with zero attached hydrogens (tertiary/aromatic N) is 4. The fourth-order valence-corrected chi connectivity index (χ4v) is 4.69. The molecule has 0 aliphatic rings. The maximum atomic E-state index is 10.0. The summed E-state index contributed by atoms with van der Waals surface area (Å²) < 4.78 is 5.59. The molecule has 0 aliphatic heterocycles. The quantitative estimate of drug-likeness (QED) is 0.254. The highest BCUT2D eigenvalue weighted by molar-refractivity contribution is 7.98. The molecule has 2 heterocycles. The van der Waals surface area contributed by atoms with Crippen molar-refractivity contribution >= 4 is 29.2 Å². The number of thioether (sulfide) groups is 1. The van der Waals surface area contributed by atoms with Gasteiger partial charge in [0.25, 0.3) is 0 Å². The van der Waals surface area contributed by atoms with Crippen LogP contribution in [0.15, 0.2) is 64.2 Å². The number of hydrogen-bond donors (Lipinski definition) is 3. The number of nitrogens with two attached hydrogens (primary N) is 1. The number of rotatable bonds is 9.